The van der Waals surface area contributed by atoms with E-state index in [2.05, 4.69) is 60.7 Å². The fourth-order valence-corrected chi connectivity index (χ4v) is 3.81. The summed E-state index contributed by atoms with van der Waals surface area (Å²) in [6.07, 6.45) is 3.00. The zero-order valence-electron chi connectivity index (χ0n) is 19.1. The van der Waals surface area contributed by atoms with Gasteiger partial charge in [-0.2, -0.15) is 0 Å². The lowest BCUT2D eigenvalue weighted by Crippen LogP contribution is -2.38. The molecule has 7 heteroatoms. The highest BCUT2D eigenvalue weighted by Gasteiger charge is 2.10. The summed E-state index contributed by atoms with van der Waals surface area (Å²) in [6.45, 7) is 7.50. The first-order valence-corrected chi connectivity index (χ1v) is 12.7. The lowest BCUT2D eigenvalue weighted by Gasteiger charge is -2.24. The third-order valence-electron chi connectivity index (χ3n) is 5.25. The summed E-state index contributed by atoms with van der Waals surface area (Å²) in [5.74, 6) is 0.813. The quantitative estimate of drug-likeness (QED) is 0.412. The normalized spacial score (nSPS) is 13.3. The molecule has 0 aliphatic carbocycles. The van der Waals surface area contributed by atoms with E-state index in [0.717, 1.165) is 50.5 Å². The van der Waals surface area contributed by atoms with Gasteiger partial charge in [0.05, 0.1) is 4.90 Å². The molecule has 2 aromatic carbocycles. The molecule has 2 aromatic rings. The molecule has 0 amide bonds. The van der Waals surface area contributed by atoms with E-state index in [1.807, 2.05) is 18.2 Å². The van der Waals surface area contributed by atoms with Crippen molar-refractivity contribution in [1.29, 1.82) is 0 Å². The van der Waals surface area contributed by atoms with Crippen LogP contribution in [0.5, 0.6) is 0 Å². The first kappa shape index (κ1) is 24.9. The van der Waals surface area contributed by atoms with E-state index < -0.39 is 9.84 Å². The molecule has 0 aromatic heterocycles. The molecule has 1 atom stereocenters. The minimum atomic E-state index is -3.15. The molecule has 0 spiro atoms. The Balaban J connectivity index is 1.79. The van der Waals surface area contributed by atoms with Crippen molar-refractivity contribution in [3.05, 3.63) is 65.7 Å². The van der Waals surface area contributed by atoms with E-state index in [0.29, 0.717) is 10.9 Å². The molecule has 0 aliphatic rings. The number of nitrogens with zero attached hydrogens (tertiary/aromatic N) is 2. The molecule has 6 nitrogen and oxygen atoms in total. The molecule has 0 heterocycles. The molecule has 2 N–H and O–H groups in total. The predicted octanol–water partition coefficient (Wildman–Crippen LogP) is 3.10. The molecular weight excluding hydrogens is 408 g/mol. The Bertz CT molecular complexity index is 912. The van der Waals surface area contributed by atoms with E-state index in [1.54, 1.807) is 12.1 Å². The number of hydrogen-bond donors (Lipinski definition) is 2. The van der Waals surface area contributed by atoms with E-state index >= 15 is 0 Å². The highest BCUT2D eigenvalue weighted by Crippen LogP contribution is 2.11. The Morgan fingerprint density at radius 1 is 1.03 bits per heavy atom. The van der Waals surface area contributed by atoms with Crippen LogP contribution in [0.1, 0.15) is 31.4 Å². The monoisotopic (exact) mass is 444 g/mol. The van der Waals surface area contributed by atoms with Crippen molar-refractivity contribution in [2.24, 2.45) is 4.99 Å². The van der Waals surface area contributed by atoms with Crippen LogP contribution in [-0.4, -0.2) is 58.3 Å². The molecule has 0 fully saturated rings. The van der Waals surface area contributed by atoms with Crippen LogP contribution in [0.25, 0.3) is 0 Å². The van der Waals surface area contributed by atoms with Crippen molar-refractivity contribution in [2.75, 3.05) is 32.9 Å². The van der Waals surface area contributed by atoms with E-state index in [4.69, 9.17) is 4.99 Å². The van der Waals surface area contributed by atoms with Gasteiger partial charge in [-0.25, -0.2) is 8.42 Å². The summed E-state index contributed by atoms with van der Waals surface area (Å²) in [5, 5.41) is 6.65. The SMILES string of the molecule is CCNC(=NCCC(C)N(C)Cc1ccccc1)NCCc1ccc(S(C)(=O)=O)cc1. The molecule has 0 saturated heterocycles. The summed E-state index contributed by atoms with van der Waals surface area (Å²) < 4.78 is 23.1. The van der Waals surface area contributed by atoms with Crippen molar-refractivity contribution in [3.63, 3.8) is 0 Å². The Hall–Kier alpha value is -2.38. The van der Waals surface area contributed by atoms with Crippen LogP contribution < -0.4 is 10.6 Å². The van der Waals surface area contributed by atoms with E-state index in [-0.39, 0.29) is 0 Å². The highest BCUT2D eigenvalue weighted by atomic mass is 32.2. The van der Waals surface area contributed by atoms with Crippen molar-refractivity contribution < 1.29 is 8.42 Å². The van der Waals surface area contributed by atoms with Gasteiger partial charge in [0.1, 0.15) is 0 Å². The minimum absolute atomic E-state index is 0.352. The fourth-order valence-electron chi connectivity index (χ4n) is 3.18. The molecule has 0 aliphatic heterocycles. The van der Waals surface area contributed by atoms with Crippen molar-refractivity contribution >= 4 is 15.8 Å². The van der Waals surface area contributed by atoms with Crippen LogP contribution in [0.2, 0.25) is 0 Å². The van der Waals surface area contributed by atoms with Gasteiger partial charge in [0.25, 0.3) is 0 Å². The zero-order valence-corrected chi connectivity index (χ0v) is 20.0. The van der Waals surface area contributed by atoms with Crippen molar-refractivity contribution in [3.8, 4) is 0 Å². The number of nitrogens with one attached hydrogen (secondary N) is 2. The molecule has 2 rings (SSSR count). The lowest BCUT2D eigenvalue weighted by molar-refractivity contribution is 0.240. The van der Waals surface area contributed by atoms with Crippen LogP contribution in [-0.2, 0) is 22.8 Å². The van der Waals surface area contributed by atoms with Gasteiger partial charge in [-0.1, -0.05) is 42.5 Å². The summed E-state index contributed by atoms with van der Waals surface area (Å²) in [7, 11) is -0.998. The number of guanidine groups is 1. The van der Waals surface area contributed by atoms with Gasteiger partial charge >= 0.3 is 0 Å². The first-order valence-electron chi connectivity index (χ1n) is 10.8. The maximum atomic E-state index is 11.6. The van der Waals surface area contributed by atoms with Crippen LogP contribution in [0.4, 0.5) is 0 Å². The summed E-state index contributed by atoms with van der Waals surface area (Å²) in [5.41, 5.74) is 2.41. The van der Waals surface area contributed by atoms with Crippen LogP contribution >= 0.6 is 0 Å². The Morgan fingerprint density at radius 3 is 2.32 bits per heavy atom. The van der Waals surface area contributed by atoms with Gasteiger partial charge in [0, 0.05) is 38.5 Å². The van der Waals surface area contributed by atoms with E-state index in [1.165, 1.54) is 11.8 Å². The fraction of sp³-hybridized carbons (Fsp3) is 0.458. The van der Waals surface area contributed by atoms with Gasteiger partial charge in [0.15, 0.2) is 15.8 Å². The first-order chi connectivity index (χ1) is 14.8. The summed E-state index contributed by atoms with van der Waals surface area (Å²) >= 11 is 0. The summed E-state index contributed by atoms with van der Waals surface area (Å²) in [4.78, 5) is 7.41. The Morgan fingerprint density at radius 2 is 1.71 bits per heavy atom. The predicted molar refractivity (Wildman–Crippen MR) is 129 cm³/mol. The van der Waals surface area contributed by atoms with Crippen LogP contribution in [0.3, 0.4) is 0 Å². The largest absolute Gasteiger partial charge is 0.357 e. The molecule has 1 unspecified atom stereocenters. The second-order valence-corrected chi connectivity index (χ2v) is 9.91. The number of hydrogen-bond acceptors (Lipinski definition) is 4. The van der Waals surface area contributed by atoms with Gasteiger partial charge in [-0.05, 0) is 57.0 Å². The highest BCUT2D eigenvalue weighted by molar-refractivity contribution is 7.90. The van der Waals surface area contributed by atoms with Gasteiger partial charge in [-0.15, -0.1) is 0 Å². The minimum Gasteiger partial charge on any atom is -0.357 e. The van der Waals surface area contributed by atoms with Crippen molar-refractivity contribution in [1.82, 2.24) is 15.5 Å². The zero-order chi connectivity index (χ0) is 22.7. The average molecular weight is 445 g/mol. The number of rotatable bonds is 11. The molecule has 0 bridgehead atoms. The number of benzene rings is 2. The van der Waals surface area contributed by atoms with Crippen LogP contribution in [0.15, 0.2) is 64.5 Å². The molecule has 31 heavy (non-hydrogen) atoms. The smallest absolute Gasteiger partial charge is 0.191 e. The van der Waals surface area contributed by atoms with Gasteiger partial charge < -0.3 is 10.6 Å². The maximum Gasteiger partial charge on any atom is 0.191 e. The van der Waals surface area contributed by atoms with E-state index in [9.17, 15) is 8.42 Å². The lowest BCUT2D eigenvalue weighted by atomic mass is 10.1. The average Bonchev–Trinajstić information content (AvgIpc) is 2.74. The van der Waals surface area contributed by atoms with Gasteiger partial charge in [-0.3, -0.25) is 9.89 Å². The number of sulfone groups is 1. The Labute approximate surface area is 187 Å². The standard InChI is InChI=1S/C24H36N4O2S/c1-5-25-24(27-18-16-21-11-13-23(14-12-21)31(4,29)30)26-17-15-20(2)28(3)19-22-9-7-6-8-10-22/h6-14,20H,5,15-19H2,1-4H3,(H2,25,26,27). The van der Waals surface area contributed by atoms with Crippen molar-refractivity contribution in [2.45, 2.75) is 44.2 Å². The molecule has 170 valence electrons. The molecular formula is C24H36N4O2S. The second-order valence-electron chi connectivity index (χ2n) is 7.89. The topological polar surface area (TPSA) is 73.8 Å². The molecule has 0 saturated carbocycles. The van der Waals surface area contributed by atoms with Crippen LogP contribution in [0, 0.1) is 0 Å². The maximum absolute atomic E-state index is 11.6. The third-order valence-corrected chi connectivity index (χ3v) is 6.37. The Kier molecular flexibility index (Phi) is 10.0. The second kappa shape index (κ2) is 12.5. The molecule has 0 radical (unpaired) electrons. The van der Waals surface area contributed by atoms with Gasteiger partial charge in [0.2, 0.25) is 0 Å². The summed E-state index contributed by atoms with van der Waals surface area (Å²) in [6, 6.07) is 18.0. The third kappa shape index (κ3) is 9.11. The number of aliphatic imine (C=N–C) groups is 1.